The summed E-state index contributed by atoms with van der Waals surface area (Å²) < 4.78 is 0. The van der Waals surface area contributed by atoms with Gasteiger partial charge in [-0.25, -0.2) is 0 Å². The van der Waals surface area contributed by atoms with Gasteiger partial charge in [0.1, 0.15) is 0 Å². The summed E-state index contributed by atoms with van der Waals surface area (Å²) in [5.74, 6) is 0. The van der Waals surface area contributed by atoms with E-state index >= 15 is 0 Å². The van der Waals surface area contributed by atoms with Crippen molar-refractivity contribution in [2.24, 2.45) is 0 Å². The van der Waals surface area contributed by atoms with Crippen LogP contribution in [0.25, 0.3) is 0 Å². The van der Waals surface area contributed by atoms with Crippen molar-refractivity contribution in [3.05, 3.63) is 23.8 Å². The lowest BCUT2D eigenvalue weighted by Gasteiger charge is -2.25. The molecule has 0 amide bonds. The highest BCUT2D eigenvalue weighted by molar-refractivity contribution is 6.88. The van der Waals surface area contributed by atoms with Gasteiger partial charge < -0.3 is 5.32 Å². The number of hydrogen-bond acceptors (Lipinski definition) is 1. The van der Waals surface area contributed by atoms with Gasteiger partial charge in [-0.05, 0) is 45.4 Å². The van der Waals surface area contributed by atoms with Crippen LogP contribution in [0.4, 0.5) is 5.69 Å². The van der Waals surface area contributed by atoms with Gasteiger partial charge in [0.25, 0.3) is 0 Å². The zero-order valence-electron chi connectivity index (χ0n) is 11.7. The minimum atomic E-state index is -1.21. The van der Waals surface area contributed by atoms with Crippen molar-refractivity contribution in [1.29, 1.82) is 0 Å². The Hall–Kier alpha value is -0.763. The van der Waals surface area contributed by atoms with E-state index in [4.69, 9.17) is 0 Å². The van der Waals surface area contributed by atoms with Crippen LogP contribution in [0.15, 0.2) is 18.2 Å². The van der Waals surface area contributed by atoms with Gasteiger partial charge in [-0.1, -0.05) is 30.9 Å². The Morgan fingerprint density at radius 3 is 2.00 bits per heavy atom. The summed E-state index contributed by atoms with van der Waals surface area (Å²) in [5, 5.41) is 5.08. The third-order valence-electron chi connectivity index (χ3n) is 2.46. The van der Waals surface area contributed by atoms with E-state index in [0.29, 0.717) is 0 Å². The molecule has 0 aliphatic heterocycles. The van der Waals surface area contributed by atoms with Crippen molar-refractivity contribution in [2.45, 2.75) is 52.9 Å². The molecule has 1 nitrogen and oxygen atoms in total. The number of hydrogen-bond donors (Lipinski definition) is 1. The van der Waals surface area contributed by atoms with Crippen LogP contribution in [0.3, 0.4) is 0 Å². The lowest BCUT2D eigenvalue weighted by molar-refractivity contribution is 0.634. The first-order valence-electron chi connectivity index (χ1n) is 5.98. The molecule has 1 aromatic rings. The smallest absolute Gasteiger partial charge is 0.0777 e. The van der Waals surface area contributed by atoms with Crippen LogP contribution in [-0.4, -0.2) is 13.6 Å². The molecule has 1 rings (SSSR count). The minimum Gasteiger partial charge on any atom is -0.380 e. The van der Waals surface area contributed by atoms with E-state index in [0.717, 1.165) is 0 Å². The molecule has 0 aliphatic carbocycles. The summed E-state index contributed by atoms with van der Waals surface area (Å²) in [6.45, 7) is 15.9. The maximum atomic E-state index is 3.56. The average molecular weight is 235 g/mol. The van der Waals surface area contributed by atoms with Gasteiger partial charge in [-0.2, -0.15) is 0 Å². The Labute approximate surface area is 101 Å². The average Bonchev–Trinajstić information content (AvgIpc) is 1.97. The third-order valence-corrected chi connectivity index (χ3v) is 4.48. The predicted octanol–water partition coefficient (Wildman–Crippen LogP) is 3.75. The summed E-state index contributed by atoms with van der Waals surface area (Å²) in [4.78, 5) is 0. The van der Waals surface area contributed by atoms with Crippen molar-refractivity contribution in [1.82, 2.24) is 0 Å². The van der Waals surface area contributed by atoms with E-state index < -0.39 is 8.07 Å². The Morgan fingerprint density at radius 2 is 1.56 bits per heavy atom. The zero-order valence-corrected chi connectivity index (χ0v) is 12.7. The fourth-order valence-electron chi connectivity index (χ4n) is 1.72. The molecule has 0 saturated carbocycles. The van der Waals surface area contributed by atoms with E-state index in [2.05, 4.69) is 70.9 Å². The fourth-order valence-corrected chi connectivity index (χ4v) is 2.97. The highest BCUT2D eigenvalue weighted by atomic mass is 28.3. The molecule has 0 spiro atoms. The molecule has 2 heteroatoms. The number of benzene rings is 1. The highest BCUT2D eigenvalue weighted by Crippen LogP contribution is 2.17. The SMILES string of the molecule is Cc1cc(NC(C)(C)C)cc([Si](C)(C)C)c1. The first kappa shape index (κ1) is 13.3. The Kier molecular flexibility index (Phi) is 3.53. The normalized spacial score (nSPS) is 12.7. The largest absolute Gasteiger partial charge is 0.380 e. The molecule has 0 radical (unpaired) electrons. The van der Waals surface area contributed by atoms with E-state index in [1.54, 1.807) is 0 Å². The number of nitrogens with one attached hydrogen (secondary N) is 1. The monoisotopic (exact) mass is 235 g/mol. The first-order chi connectivity index (χ1) is 7.08. The molecule has 0 fully saturated rings. The second-order valence-corrected chi connectivity index (χ2v) is 11.8. The molecule has 0 bridgehead atoms. The fraction of sp³-hybridized carbons (Fsp3) is 0.571. The first-order valence-corrected chi connectivity index (χ1v) is 9.48. The molecule has 16 heavy (non-hydrogen) atoms. The molecule has 0 saturated heterocycles. The lowest BCUT2D eigenvalue weighted by Crippen LogP contribution is -2.38. The lowest BCUT2D eigenvalue weighted by atomic mass is 10.1. The van der Waals surface area contributed by atoms with Crippen LogP contribution in [0.2, 0.25) is 19.6 Å². The van der Waals surface area contributed by atoms with Gasteiger partial charge in [0.15, 0.2) is 0 Å². The van der Waals surface area contributed by atoms with Gasteiger partial charge >= 0.3 is 0 Å². The number of anilines is 1. The van der Waals surface area contributed by atoms with Crippen LogP contribution >= 0.6 is 0 Å². The minimum absolute atomic E-state index is 0.129. The van der Waals surface area contributed by atoms with Gasteiger partial charge in [0.2, 0.25) is 0 Å². The van der Waals surface area contributed by atoms with E-state index in [1.807, 2.05) is 0 Å². The van der Waals surface area contributed by atoms with Gasteiger partial charge in [-0.15, -0.1) is 0 Å². The van der Waals surface area contributed by atoms with Crippen molar-refractivity contribution < 1.29 is 0 Å². The number of aryl methyl sites for hydroxylation is 1. The molecule has 1 aromatic carbocycles. The van der Waals surface area contributed by atoms with E-state index in [1.165, 1.54) is 16.4 Å². The van der Waals surface area contributed by atoms with Crippen molar-refractivity contribution in [3.8, 4) is 0 Å². The van der Waals surface area contributed by atoms with Gasteiger partial charge in [0, 0.05) is 11.2 Å². The molecule has 0 aliphatic rings. The quantitative estimate of drug-likeness (QED) is 0.770. The predicted molar refractivity (Wildman–Crippen MR) is 77.5 cm³/mol. The Morgan fingerprint density at radius 1 is 1.00 bits per heavy atom. The summed E-state index contributed by atoms with van der Waals surface area (Å²) in [5.41, 5.74) is 2.74. The van der Waals surface area contributed by atoms with Crippen LogP contribution in [0.1, 0.15) is 26.3 Å². The van der Waals surface area contributed by atoms with Crippen molar-refractivity contribution in [2.75, 3.05) is 5.32 Å². The van der Waals surface area contributed by atoms with Gasteiger partial charge in [0.05, 0.1) is 8.07 Å². The maximum absolute atomic E-state index is 3.56. The molecule has 0 atom stereocenters. The van der Waals surface area contributed by atoms with Gasteiger partial charge in [-0.3, -0.25) is 0 Å². The van der Waals surface area contributed by atoms with Crippen LogP contribution < -0.4 is 10.5 Å². The molecular formula is C14H25NSi. The second kappa shape index (κ2) is 4.25. The van der Waals surface area contributed by atoms with Crippen LogP contribution in [0, 0.1) is 6.92 Å². The maximum Gasteiger partial charge on any atom is 0.0777 e. The Balaban J connectivity index is 3.09. The summed E-state index contributed by atoms with van der Waals surface area (Å²) in [6.07, 6.45) is 0. The van der Waals surface area contributed by atoms with Crippen molar-refractivity contribution in [3.63, 3.8) is 0 Å². The zero-order chi connectivity index (χ0) is 12.6. The molecule has 1 N–H and O–H groups in total. The topological polar surface area (TPSA) is 12.0 Å². The molecule has 0 heterocycles. The molecule has 0 aromatic heterocycles. The standard InChI is InChI=1S/C14H25NSi/c1-11-8-12(15-14(2,3)4)10-13(9-11)16(5,6)7/h8-10,15H,1-7H3. The second-order valence-electron chi connectivity index (χ2n) is 6.71. The highest BCUT2D eigenvalue weighted by Gasteiger charge is 2.18. The summed E-state index contributed by atoms with van der Waals surface area (Å²) in [7, 11) is -1.21. The molecule has 90 valence electrons. The summed E-state index contributed by atoms with van der Waals surface area (Å²) >= 11 is 0. The summed E-state index contributed by atoms with van der Waals surface area (Å²) in [6, 6.07) is 6.89. The molecule has 0 unspecified atom stereocenters. The van der Waals surface area contributed by atoms with E-state index in [9.17, 15) is 0 Å². The molecular weight excluding hydrogens is 210 g/mol. The third kappa shape index (κ3) is 4.01. The van der Waals surface area contributed by atoms with E-state index in [-0.39, 0.29) is 5.54 Å². The Bertz CT molecular complexity index is 369. The van der Waals surface area contributed by atoms with Crippen molar-refractivity contribution >= 4 is 18.9 Å². The van der Waals surface area contributed by atoms with Crippen LogP contribution in [0.5, 0.6) is 0 Å². The van der Waals surface area contributed by atoms with Crippen LogP contribution in [-0.2, 0) is 0 Å². The number of rotatable bonds is 2.